The predicted molar refractivity (Wildman–Crippen MR) is 119 cm³/mol. The molecule has 5 nitrogen and oxygen atoms in total. The van der Waals surface area contributed by atoms with Crippen LogP contribution in [-0.4, -0.2) is 31.2 Å². The lowest BCUT2D eigenvalue weighted by Gasteiger charge is -2.31. The maximum atomic E-state index is 10.6. The van der Waals surface area contributed by atoms with E-state index >= 15 is 0 Å². The Balaban J connectivity index is 2.41. The monoisotopic (exact) mass is 403 g/mol. The molecule has 1 aromatic heterocycles. The zero-order valence-corrected chi connectivity index (χ0v) is 18.7. The number of aryl methyl sites for hydroxylation is 1. The minimum atomic E-state index is 0.131. The van der Waals surface area contributed by atoms with E-state index in [1.54, 1.807) is 11.3 Å². The second-order valence-electron chi connectivity index (χ2n) is 8.17. The average Bonchev–Trinajstić information content (AvgIpc) is 3.03. The third-order valence-corrected chi connectivity index (χ3v) is 5.22. The van der Waals surface area contributed by atoms with E-state index in [0.717, 1.165) is 34.3 Å². The normalized spacial score (nSPS) is 12.3. The molecule has 6 heteroatoms. The summed E-state index contributed by atoms with van der Waals surface area (Å²) in [4.78, 5) is 17.4. The van der Waals surface area contributed by atoms with Gasteiger partial charge in [0.2, 0.25) is 0 Å². The smallest absolute Gasteiger partial charge is 0.293 e. The van der Waals surface area contributed by atoms with Crippen molar-refractivity contribution >= 4 is 34.2 Å². The van der Waals surface area contributed by atoms with Crippen LogP contribution in [0, 0.1) is 18.8 Å². The number of nitrogens with zero attached hydrogens (tertiary/aromatic N) is 2. The molecule has 1 aromatic carbocycles. The van der Waals surface area contributed by atoms with Crippen LogP contribution in [0.5, 0.6) is 0 Å². The Morgan fingerprint density at radius 1 is 1.18 bits per heavy atom. The van der Waals surface area contributed by atoms with Crippen molar-refractivity contribution in [3.8, 4) is 0 Å². The highest BCUT2D eigenvalue weighted by Crippen LogP contribution is 2.34. The van der Waals surface area contributed by atoms with Crippen LogP contribution in [0.1, 0.15) is 51.1 Å². The molecule has 1 heterocycles. The van der Waals surface area contributed by atoms with Gasteiger partial charge >= 0.3 is 0 Å². The third-order valence-electron chi connectivity index (χ3n) is 4.39. The summed E-state index contributed by atoms with van der Waals surface area (Å²) in [6, 6.07) is 6.51. The lowest BCUT2D eigenvalue weighted by atomic mass is 10.00. The van der Waals surface area contributed by atoms with E-state index < -0.39 is 0 Å². The number of nitrogens with one attached hydrogen (secondary N) is 1. The van der Waals surface area contributed by atoms with Crippen molar-refractivity contribution in [1.82, 2.24) is 4.98 Å². The molecule has 0 radical (unpaired) electrons. The van der Waals surface area contributed by atoms with E-state index in [2.05, 4.69) is 68.0 Å². The van der Waals surface area contributed by atoms with Crippen molar-refractivity contribution in [3.05, 3.63) is 35.0 Å². The topological polar surface area (TPSA) is 54.5 Å². The van der Waals surface area contributed by atoms with Crippen molar-refractivity contribution in [2.24, 2.45) is 11.8 Å². The van der Waals surface area contributed by atoms with E-state index in [-0.39, 0.29) is 5.92 Å². The largest absolute Gasteiger partial charge is 0.467 e. The summed E-state index contributed by atoms with van der Waals surface area (Å²) in [5.41, 5.74) is 3.41. The van der Waals surface area contributed by atoms with Gasteiger partial charge in [0.1, 0.15) is 5.00 Å². The fourth-order valence-corrected chi connectivity index (χ4v) is 3.91. The van der Waals surface area contributed by atoms with E-state index in [1.165, 1.54) is 5.69 Å². The minimum absolute atomic E-state index is 0.131. The Morgan fingerprint density at radius 2 is 1.86 bits per heavy atom. The summed E-state index contributed by atoms with van der Waals surface area (Å²) in [6.07, 6.45) is 1.88. The molecule has 0 spiro atoms. The lowest BCUT2D eigenvalue weighted by molar-refractivity contribution is -0.129. The highest BCUT2D eigenvalue weighted by Gasteiger charge is 2.17. The van der Waals surface area contributed by atoms with E-state index in [4.69, 9.17) is 4.74 Å². The van der Waals surface area contributed by atoms with Crippen molar-refractivity contribution in [3.63, 3.8) is 0 Å². The Kier molecular flexibility index (Phi) is 8.30. The van der Waals surface area contributed by atoms with Gasteiger partial charge in [0.15, 0.2) is 0 Å². The van der Waals surface area contributed by atoms with E-state index in [1.807, 2.05) is 13.1 Å². The number of rotatable bonds is 11. The van der Waals surface area contributed by atoms with E-state index in [9.17, 15) is 4.79 Å². The first kappa shape index (κ1) is 22.2. The van der Waals surface area contributed by atoms with Gasteiger partial charge in [-0.3, -0.25) is 4.79 Å². The van der Waals surface area contributed by atoms with Gasteiger partial charge in [-0.1, -0.05) is 40.7 Å². The van der Waals surface area contributed by atoms with Gasteiger partial charge in [0.05, 0.1) is 29.2 Å². The SMILES string of the molecule is Cc1ncc(Nc2cc(C(C)COC=O)ccc2N(CC(C)C)CC(C)C)s1. The third kappa shape index (κ3) is 6.51. The number of carbonyl (C=O) groups excluding carboxylic acids is 1. The molecule has 1 atom stereocenters. The molecule has 0 amide bonds. The number of anilines is 3. The van der Waals surface area contributed by atoms with Crippen LogP contribution >= 0.6 is 11.3 Å². The average molecular weight is 404 g/mol. The first-order chi connectivity index (χ1) is 13.3. The number of aromatic nitrogens is 1. The van der Waals surface area contributed by atoms with Crippen molar-refractivity contribution in [2.45, 2.75) is 47.5 Å². The Morgan fingerprint density at radius 3 is 2.39 bits per heavy atom. The second-order valence-corrected chi connectivity index (χ2v) is 9.40. The van der Waals surface area contributed by atoms with Gasteiger partial charge < -0.3 is 15.0 Å². The molecule has 1 N–H and O–H groups in total. The van der Waals surface area contributed by atoms with Crippen LogP contribution in [0.15, 0.2) is 24.4 Å². The fraction of sp³-hybridized carbons (Fsp3) is 0.545. The van der Waals surface area contributed by atoms with Gasteiger partial charge in [-0.2, -0.15) is 0 Å². The van der Waals surface area contributed by atoms with Gasteiger partial charge in [0.25, 0.3) is 6.47 Å². The van der Waals surface area contributed by atoms with Crippen LogP contribution in [-0.2, 0) is 9.53 Å². The van der Waals surface area contributed by atoms with Crippen LogP contribution < -0.4 is 10.2 Å². The van der Waals surface area contributed by atoms with Crippen molar-refractivity contribution in [2.75, 3.05) is 29.9 Å². The van der Waals surface area contributed by atoms with Gasteiger partial charge in [-0.25, -0.2) is 4.98 Å². The molecular formula is C22H33N3O2S. The standard InChI is InChI=1S/C22H33N3O2S/c1-15(2)11-25(12-16(3)4)21-8-7-19(17(5)13-27-14-26)9-20(21)24-22-10-23-18(6)28-22/h7-10,14-17,24H,11-13H2,1-6H3. The lowest BCUT2D eigenvalue weighted by Crippen LogP contribution is -2.31. The van der Waals surface area contributed by atoms with Crippen LogP contribution in [0.4, 0.5) is 16.4 Å². The fourth-order valence-electron chi connectivity index (χ4n) is 3.22. The number of thiazole rings is 1. The second kappa shape index (κ2) is 10.5. The molecule has 154 valence electrons. The molecule has 0 aliphatic rings. The zero-order valence-electron chi connectivity index (χ0n) is 17.9. The summed E-state index contributed by atoms with van der Waals surface area (Å²) in [6.45, 7) is 16.0. The molecule has 28 heavy (non-hydrogen) atoms. The molecule has 0 fully saturated rings. The highest BCUT2D eigenvalue weighted by molar-refractivity contribution is 7.15. The summed E-state index contributed by atoms with van der Waals surface area (Å²) in [7, 11) is 0. The Bertz CT molecular complexity index is 748. The van der Waals surface area contributed by atoms with Crippen LogP contribution in [0.25, 0.3) is 0 Å². The minimum Gasteiger partial charge on any atom is -0.467 e. The maximum Gasteiger partial charge on any atom is 0.293 e. The molecule has 0 aliphatic heterocycles. The number of benzene rings is 1. The Hall–Kier alpha value is -2.08. The number of hydrogen-bond acceptors (Lipinski definition) is 6. The number of hydrogen-bond donors (Lipinski definition) is 1. The number of ether oxygens (including phenoxy) is 1. The van der Waals surface area contributed by atoms with Crippen LogP contribution in [0.3, 0.4) is 0 Å². The number of carbonyl (C=O) groups is 1. The highest BCUT2D eigenvalue weighted by atomic mass is 32.1. The summed E-state index contributed by atoms with van der Waals surface area (Å²) in [5.74, 6) is 1.26. The first-order valence-corrected chi connectivity index (χ1v) is 10.7. The Labute approximate surface area is 173 Å². The summed E-state index contributed by atoms with van der Waals surface area (Å²) >= 11 is 1.65. The summed E-state index contributed by atoms with van der Waals surface area (Å²) in [5, 5.41) is 5.64. The molecule has 2 aromatic rings. The zero-order chi connectivity index (χ0) is 20.7. The molecule has 2 rings (SSSR count). The molecule has 1 unspecified atom stereocenters. The van der Waals surface area contributed by atoms with Gasteiger partial charge in [0, 0.05) is 19.0 Å². The quantitative estimate of drug-likeness (QED) is 0.496. The van der Waals surface area contributed by atoms with Crippen molar-refractivity contribution < 1.29 is 9.53 Å². The molecule has 0 saturated heterocycles. The van der Waals surface area contributed by atoms with Gasteiger partial charge in [-0.05, 0) is 36.5 Å². The molecular weight excluding hydrogens is 370 g/mol. The van der Waals surface area contributed by atoms with Gasteiger partial charge in [-0.15, -0.1) is 11.3 Å². The van der Waals surface area contributed by atoms with Crippen LogP contribution in [0.2, 0.25) is 0 Å². The van der Waals surface area contributed by atoms with Crippen molar-refractivity contribution in [1.29, 1.82) is 0 Å². The molecule has 0 saturated carbocycles. The summed E-state index contributed by atoms with van der Waals surface area (Å²) < 4.78 is 4.97. The molecule has 0 aliphatic carbocycles. The molecule has 0 bridgehead atoms. The van der Waals surface area contributed by atoms with E-state index in [0.29, 0.717) is 24.9 Å². The predicted octanol–water partition coefficient (Wildman–Crippen LogP) is 5.59. The maximum absolute atomic E-state index is 10.6. The first-order valence-electron chi connectivity index (χ1n) is 9.93.